The van der Waals surface area contributed by atoms with Crippen LogP contribution < -0.4 is 15.2 Å². The Morgan fingerprint density at radius 3 is 2.41 bits per heavy atom. The van der Waals surface area contributed by atoms with Gasteiger partial charge in [-0.3, -0.25) is 14.5 Å². The molecule has 0 aliphatic carbocycles. The molecule has 3 heterocycles. The maximum Gasteiger partial charge on any atom is 0.422 e. The van der Waals surface area contributed by atoms with Gasteiger partial charge in [-0.1, -0.05) is 24.3 Å². The van der Waals surface area contributed by atoms with Gasteiger partial charge in [0.25, 0.3) is 11.8 Å². The van der Waals surface area contributed by atoms with Crippen LogP contribution in [0.4, 0.5) is 13.2 Å². The number of primary amides is 1. The molecule has 41 heavy (non-hydrogen) atoms. The number of hydrogen-bond donors (Lipinski definition) is 1. The van der Waals surface area contributed by atoms with Gasteiger partial charge in [0.05, 0.1) is 5.52 Å². The monoisotopic (exact) mass is 566 g/mol. The molecule has 1 saturated heterocycles. The molecule has 0 spiro atoms. The van der Waals surface area contributed by atoms with E-state index in [0.29, 0.717) is 44.2 Å². The van der Waals surface area contributed by atoms with Crippen LogP contribution in [0.3, 0.4) is 0 Å². The number of para-hydroxylation sites is 1. The SMILES string of the molecule is Cn1c(C(=O)N2CCN(Cc3ccc(OCC(F)(F)F)cc3)CC2)c(Oc2cc[c]c(C(N)=O)n2)c2ccccc21. The number of fused-ring (bicyclic) bond motifs is 1. The molecule has 213 valence electrons. The van der Waals surface area contributed by atoms with E-state index in [2.05, 4.69) is 16.0 Å². The van der Waals surface area contributed by atoms with E-state index in [1.165, 1.54) is 24.3 Å². The van der Waals surface area contributed by atoms with Crippen molar-refractivity contribution >= 4 is 22.7 Å². The Labute approximate surface area is 233 Å². The second-order valence-electron chi connectivity index (χ2n) is 9.61. The van der Waals surface area contributed by atoms with Gasteiger partial charge in [0.1, 0.15) is 11.4 Å². The van der Waals surface area contributed by atoms with E-state index in [1.54, 1.807) is 28.6 Å². The van der Waals surface area contributed by atoms with Crippen molar-refractivity contribution in [2.24, 2.45) is 12.8 Å². The highest BCUT2D eigenvalue weighted by atomic mass is 19.4. The maximum atomic E-state index is 13.8. The number of halogens is 3. The molecule has 5 rings (SSSR count). The summed E-state index contributed by atoms with van der Waals surface area (Å²) in [5.74, 6) is -0.348. The minimum absolute atomic E-state index is 0.0739. The number of carbonyl (C=O) groups excluding carboxylic acids is 2. The minimum Gasteiger partial charge on any atom is -0.484 e. The Balaban J connectivity index is 1.28. The lowest BCUT2D eigenvalue weighted by Crippen LogP contribution is -2.48. The van der Waals surface area contributed by atoms with Gasteiger partial charge in [-0.05, 0) is 35.9 Å². The number of ether oxygens (including phenoxy) is 2. The number of nitrogens with zero attached hydrogens (tertiary/aromatic N) is 4. The molecule has 0 saturated carbocycles. The van der Waals surface area contributed by atoms with E-state index in [9.17, 15) is 22.8 Å². The van der Waals surface area contributed by atoms with Crippen molar-refractivity contribution in [3.8, 4) is 17.4 Å². The smallest absolute Gasteiger partial charge is 0.422 e. The maximum absolute atomic E-state index is 13.8. The van der Waals surface area contributed by atoms with Gasteiger partial charge >= 0.3 is 6.18 Å². The number of hydrogen-bond acceptors (Lipinski definition) is 6. The highest BCUT2D eigenvalue weighted by molar-refractivity contribution is 6.04. The van der Waals surface area contributed by atoms with Gasteiger partial charge in [0.2, 0.25) is 5.88 Å². The molecule has 2 N–H and O–H groups in total. The number of benzene rings is 2. The van der Waals surface area contributed by atoms with Crippen LogP contribution in [0.2, 0.25) is 0 Å². The zero-order chi connectivity index (χ0) is 29.1. The topological polar surface area (TPSA) is 103 Å². The average Bonchev–Trinajstić information content (AvgIpc) is 3.23. The van der Waals surface area contributed by atoms with Crippen LogP contribution in [-0.4, -0.2) is 70.1 Å². The summed E-state index contributed by atoms with van der Waals surface area (Å²) in [6.45, 7) is 1.41. The van der Waals surface area contributed by atoms with E-state index >= 15 is 0 Å². The molecule has 1 aliphatic heterocycles. The summed E-state index contributed by atoms with van der Waals surface area (Å²) in [5.41, 5.74) is 7.34. The first-order valence-corrected chi connectivity index (χ1v) is 12.8. The van der Waals surface area contributed by atoms with Crippen molar-refractivity contribution in [3.63, 3.8) is 0 Å². The van der Waals surface area contributed by atoms with Crippen molar-refractivity contribution in [1.82, 2.24) is 19.4 Å². The van der Waals surface area contributed by atoms with E-state index in [1.807, 2.05) is 24.3 Å². The summed E-state index contributed by atoms with van der Waals surface area (Å²) in [6.07, 6.45) is -4.39. The quantitative estimate of drug-likeness (QED) is 0.344. The largest absolute Gasteiger partial charge is 0.484 e. The Hall–Kier alpha value is -4.58. The highest BCUT2D eigenvalue weighted by Gasteiger charge is 2.30. The number of piperazine rings is 1. The molecule has 0 bridgehead atoms. The zero-order valence-corrected chi connectivity index (χ0v) is 22.1. The molecule has 2 aromatic carbocycles. The minimum atomic E-state index is -4.39. The molecule has 12 heteroatoms. The number of aromatic nitrogens is 2. The van der Waals surface area contributed by atoms with Gasteiger partial charge in [0.15, 0.2) is 18.1 Å². The molecule has 0 unspecified atom stereocenters. The Morgan fingerprint density at radius 1 is 1.02 bits per heavy atom. The number of pyridine rings is 1. The summed E-state index contributed by atoms with van der Waals surface area (Å²) < 4.78 is 49.8. The van der Waals surface area contributed by atoms with Crippen molar-refractivity contribution in [3.05, 3.63) is 83.7 Å². The first-order valence-electron chi connectivity index (χ1n) is 12.8. The fourth-order valence-electron chi connectivity index (χ4n) is 4.73. The highest BCUT2D eigenvalue weighted by Crippen LogP contribution is 2.36. The number of nitrogens with two attached hydrogens (primary N) is 1. The fraction of sp³-hybridized carbons (Fsp3) is 0.276. The van der Waals surface area contributed by atoms with Crippen molar-refractivity contribution < 1.29 is 32.2 Å². The number of amides is 2. The zero-order valence-electron chi connectivity index (χ0n) is 22.1. The van der Waals surface area contributed by atoms with Crippen LogP contribution in [0, 0.1) is 6.07 Å². The van der Waals surface area contributed by atoms with Gasteiger partial charge in [-0.25, -0.2) is 4.98 Å². The summed E-state index contributed by atoms with van der Waals surface area (Å²) in [6, 6.07) is 19.7. The molecule has 2 aromatic heterocycles. The number of aryl methyl sites for hydroxylation is 1. The van der Waals surface area contributed by atoms with Crippen LogP contribution in [0.5, 0.6) is 17.4 Å². The van der Waals surface area contributed by atoms with Crippen LogP contribution in [0.15, 0.2) is 60.7 Å². The lowest BCUT2D eigenvalue weighted by molar-refractivity contribution is -0.153. The Morgan fingerprint density at radius 2 is 1.73 bits per heavy atom. The molecular formula is C29H27F3N5O4. The molecule has 1 aliphatic rings. The third-order valence-corrected chi connectivity index (χ3v) is 6.76. The van der Waals surface area contributed by atoms with Gasteiger partial charge < -0.3 is 24.7 Å². The van der Waals surface area contributed by atoms with Crippen molar-refractivity contribution in [2.75, 3.05) is 32.8 Å². The lowest BCUT2D eigenvalue weighted by Gasteiger charge is -2.35. The molecule has 4 aromatic rings. The molecule has 2 amide bonds. The molecule has 1 radical (unpaired) electrons. The second kappa shape index (κ2) is 11.5. The van der Waals surface area contributed by atoms with Gasteiger partial charge in [-0.15, -0.1) is 0 Å². The number of rotatable bonds is 8. The Bertz CT molecular complexity index is 1560. The standard InChI is InChI=1S/C29H27F3N5O4/c1-35-23-7-3-2-5-21(23)26(41-24-8-4-6-22(34-24)27(33)38)25(35)28(39)37-15-13-36(14-16-37)17-19-9-11-20(12-10-19)40-18-29(30,31)32/h2-5,7-12H,13-18H2,1H3,(H2,33,38). The predicted molar refractivity (Wildman–Crippen MR) is 144 cm³/mol. The first-order chi connectivity index (χ1) is 19.6. The molecule has 0 atom stereocenters. The van der Waals surface area contributed by atoms with Crippen molar-refractivity contribution in [1.29, 1.82) is 0 Å². The fourth-order valence-corrected chi connectivity index (χ4v) is 4.73. The van der Waals surface area contributed by atoms with E-state index in [-0.39, 0.29) is 23.2 Å². The normalized spacial score (nSPS) is 14.3. The van der Waals surface area contributed by atoms with Crippen LogP contribution >= 0.6 is 0 Å². The van der Waals surface area contributed by atoms with E-state index in [4.69, 9.17) is 15.2 Å². The van der Waals surface area contributed by atoms with Crippen LogP contribution in [0.1, 0.15) is 26.5 Å². The molecule has 1 fully saturated rings. The first kappa shape index (κ1) is 28.0. The summed E-state index contributed by atoms with van der Waals surface area (Å²) >= 11 is 0. The van der Waals surface area contributed by atoms with E-state index < -0.39 is 18.7 Å². The van der Waals surface area contributed by atoms with Crippen LogP contribution in [0.25, 0.3) is 10.9 Å². The summed E-state index contributed by atoms with van der Waals surface area (Å²) in [5, 5.41) is 0.718. The summed E-state index contributed by atoms with van der Waals surface area (Å²) in [4.78, 5) is 33.5. The second-order valence-corrected chi connectivity index (χ2v) is 9.61. The predicted octanol–water partition coefficient (Wildman–Crippen LogP) is 4.16. The lowest BCUT2D eigenvalue weighted by atomic mass is 10.2. The van der Waals surface area contributed by atoms with E-state index in [0.717, 1.165) is 16.5 Å². The van der Waals surface area contributed by atoms with Gasteiger partial charge in [0, 0.05) is 57.3 Å². The number of carbonyl (C=O) groups is 2. The third kappa shape index (κ3) is 6.43. The molecular weight excluding hydrogens is 539 g/mol. The average molecular weight is 567 g/mol. The van der Waals surface area contributed by atoms with Gasteiger partial charge in [-0.2, -0.15) is 13.2 Å². The number of alkyl halides is 3. The molecule has 9 nitrogen and oxygen atoms in total. The Kier molecular flexibility index (Phi) is 7.84. The van der Waals surface area contributed by atoms with Crippen LogP contribution in [-0.2, 0) is 13.6 Å². The van der Waals surface area contributed by atoms with Crippen molar-refractivity contribution in [2.45, 2.75) is 12.7 Å². The summed E-state index contributed by atoms with van der Waals surface area (Å²) in [7, 11) is 1.79. The third-order valence-electron chi connectivity index (χ3n) is 6.76.